The van der Waals surface area contributed by atoms with Gasteiger partial charge >= 0.3 is 0 Å². The molecule has 3 rings (SSSR count). The van der Waals surface area contributed by atoms with Crippen LogP contribution in [0.5, 0.6) is 5.75 Å². The van der Waals surface area contributed by atoms with Crippen LogP contribution in [-0.4, -0.2) is 44.4 Å². The van der Waals surface area contributed by atoms with Crippen molar-refractivity contribution in [2.75, 3.05) is 33.4 Å². The van der Waals surface area contributed by atoms with Crippen molar-refractivity contribution in [1.29, 1.82) is 0 Å². The van der Waals surface area contributed by atoms with Crippen LogP contribution in [0.1, 0.15) is 24.0 Å². The summed E-state index contributed by atoms with van der Waals surface area (Å²) < 4.78 is 10.9. The van der Waals surface area contributed by atoms with Gasteiger partial charge in [0.05, 0.1) is 25.9 Å². The van der Waals surface area contributed by atoms with Gasteiger partial charge < -0.3 is 9.47 Å². The molecule has 1 aromatic rings. The number of ether oxygens (including phenoxy) is 2. The van der Waals surface area contributed by atoms with Gasteiger partial charge in [-0.05, 0) is 30.5 Å². The van der Waals surface area contributed by atoms with E-state index in [-0.39, 0.29) is 5.54 Å². The Balaban J connectivity index is 1.85. The average molecular weight is 288 g/mol. The van der Waals surface area contributed by atoms with Crippen molar-refractivity contribution < 1.29 is 14.3 Å². The number of aliphatic imine (C=N–C) groups is 1. The zero-order valence-electron chi connectivity index (χ0n) is 12.3. The van der Waals surface area contributed by atoms with Crippen LogP contribution in [0, 0.1) is 0 Å². The van der Waals surface area contributed by atoms with Crippen molar-refractivity contribution in [2.45, 2.75) is 24.9 Å². The Morgan fingerprint density at radius 3 is 2.76 bits per heavy atom. The largest absolute Gasteiger partial charge is 0.496 e. The molecule has 1 aromatic carbocycles. The van der Waals surface area contributed by atoms with Gasteiger partial charge in [0.15, 0.2) is 0 Å². The van der Waals surface area contributed by atoms with Crippen LogP contribution in [0.2, 0.25) is 0 Å². The molecule has 1 heterocycles. The van der Waals surface area contributed by atoms with Gasteiger partial charge in [0.2, 0.25) is 6.08 Å². The first-order valence-corrected chi connectivity index (χ1v) is 7.34. The molecule has 0 bridgehead atoms. The third-order valence-electron chi connectivity index (χ3n) is 4.30. The number of nitrogens with zero attached hydrogens (tertiary/aromatic N) is 2. The van der Waals surface area contributed by atoms with Crippen LogP contribution in [0.25, 0.3) is 0 Å². The third-order valence-corrected chi connectivity index (χ3v) is 4.30. The summed E-state index contributed by atoms with van der Waals surface area (Å²) in [6.07, 6.45) is 3.56. The molecule has 0 amide bonds. The molecule has 0 atom stereocenters. The van der Waals surface area contributed by atoms with Crippen molar-refractivity contribution in [1.82, 2.24) is 4.90 Å². The lowest BCUT2D eigenvalue weighted by molar-refractivity contribution is 0.0338. The second-order valence-electron chi connectivity index (χ2n) is 5.65. The summed E-state index contributed by atoms with van der Waals surface area (Å²) in [4.78, 5) is 17.0. The lowest BCUT2D eigenvalue weighted by Crippen LogP contribution is -2.35. The monoisotopic (exact) mass is 288 g/mol. The fourth-order valence-corrected chi connectivity index (χ4v) is 2.86. The van der Waals surface area contributed by atoms with E-state index < -0.39 is 0 Å². The molecule has 0 spiro atoms. The molecule has 0 N–H and O–H groups in total. The normalized spacial score (nSPS) is 20.6. The summed E-state index contributed by atoms with van der Waals surface area (Å²) in [7, 11) is 1.69. The molecular formula is C16H20N2O3. The molecule has 1 aliphatic heterocycles. The number of isocyanates is 1. The van der Waals surface area contributed by atoms with E-state index in [9.17, 15) is 4.79 Å². The van der Waals surface area contributed by atoms with E-state index in [1.165, 1.54) is 0 Å². The SMILES string of the molecule is COc1ccc(C2(N=C=O)CC2)cc1CN1CCOCC1. The maximum atomic E-state index is 10.6. The van der Waals surface area contributed by atoms with Crippen LogP contribution in [-0.2, 0) is 21.6 Å². The van der Waals surface area contributed by atoms with Crippen LogP contribution in [0.4, 0.5) is 0 Å². The summed E-state index contributed by atoms with van der Waals surface area (Å²) >= 11 is 0. The highest BCUT2D eigenvalue weighted by Crippen LogP contribution is 2.49. The molecule has 0 radical (unpaired) electrons. The number of hydrogen-bond donors (Lipinski definition) is 0. The van der Waals surface area contributed by atoms with E-state index in [0.29, 0.717) is 0 Å². The zero-order valence-corrected chi connectivity index (χ0v) is 12.3. The number of carbonyl (C=O) groups excluding carboxylic acids is 1. The zero-order chi connectivity index (χ0) is 14.7. The maximum Gasteiger partial charge on any atom is 0.235 e. The van der Waals surface area contributed by atoms with Crippen molar-refractivity contribution in [2.24, 2.45) is 4.99 Å². The lowest BCUT2D eigenvalue weighted by Gasteiger charge is -2.27. The minimum Gasteiger partial charge on any atom is -0.496 e. The first kappa shape index (κ1) is 14.3. The summed E-state index contributed by atoms with van der Waals surface area (Å²) in [6.45, 7) is 4.26. The quantitative estimate of drug-likeness (QED) is 0.613. The summed E-state index contributed by atoms with van der Waals surface area (Å²) in [5, 5.41) is 0. The predicted molar refractivity (Wildman–Crippen MR) is 78.1 cm³/mol. The van der Waals surface area contributed by atoms with Crippen LogP contribution >= 0.6 is 0 Å². The molecule has 21 heavy (non-hydrogen) atoms. The van der Waals surface area contributed by atoms with Crippen molar-refractivity contribution >= 4 is 6.08 Å². The van der Waals surface area contributed by atoms with Crippen LogP contribution < -0.4 is 4.74 Å². The van der Waals surface area contributed by atoms with Gasteiger partial charge in [-0.2, -0.15) is 4.99 Å². The number of rotatable bonds is 5. The summed E-state index contributed by atoms with van der Waals surface area (Å²) in [5.41, 5.74) is 1.91. The highest BCUT2D eigenvalue weighted by Gasteiger charge is 2.45. The second-order valence-corrected chi connectivity index (χ2v) is 5.65. The Kier molecular flexibility index (Phi) is 4.06. The van der Waals surface area contributed by atoms with Crippen LogP contribution in [0.15, 0.2) is 23.2 Å². The minimum absolute atomic E-state index is 0.326. The second kappa shape index (κ2) is 5.98. The van der Waals surface area contributed by atoms with Gasteiger partial charge in [-0.25, -0.2) is 4.79 Å². The highest BCUT2D eigenvalue weighted by molar-refractivity contribution is 5.45. The predicted octanol–water partition coefficient (Wildman–Crippen LogP) is 1.85. The van der Waals surface area contributed by atoms with Gasteiger partial charge in [-0.3, -0.25) is 4.90 Å². The van der Waals surface area contributed by atoms with Gasteiger partial charge in [0, 0.05) is 25.2 Å². The minimum atomic E-state index is -0.326. The van der Waals surface area contributed by atoms with Crippen molar-refractivity contribution in [3.05, 3.63) is 29.3 Å². The van der Waals surface area contributed by atoms with E-state index in [4.69, 9.17) is 9.47 Å². The molecule has 0 aromatic heterocycles. The molecule has 1 aliphatic carbocycles. The molecule has 2 aliphatic rings. The standard InChI is InChI=1S/C16H20N2O3/c1-20-15-3-2-14(16(4-5-16)17-12-19)10-13(15)11-18-6-8-21-9-7-18/h2-3,10H,4-9,11H2,1H3. The third kappa shape index (κ3) is 3.00. The molecule has 112 valence electrons. The first-order chi connectivity index (χ1) is 10.3. The number of benzene rings is 1. The first-order valence-electron chi connectivity index (χ1n) is 7.34. The van der Waals surface area contributed by atoms with Gasteiger partial charge in [-0.1, -0.05) is 6.07 Å². The van der Waals surface area contributed by atoms with E-state index in [1.54, 1.807) is 13.2 Å². The topological polar surface area (TPSA) is 51.1 Å². The summed E-state index contributed by atoms with van der Waals surface area (Å²) in [6, 6.07) is 6.11. The van der Waals surface area contributed by atoms with E-state index >= 15 is 0 Å². The molecule has 1 saturated carbocycles. The maximum absolute atomic E-state index is 10.6. The Hall–Kier alpha value is -1.68. The van der Waals surface area contributed by atoms with Crippen molar-refractivity contribution in [3.8, 4) is 5.75 Å². The molecule has 5 heteroatoms. The molecule has 5 nitrogen and oxygen atoms in total. The van der Waals surface area contributed by atoms with Gasteiger partial charge in [-0.15, -0.1) is 0 Å². The summed E-state index contributed by atoms with van der Waals surface area (Å²) in [5.74, 6) is 0.885. The Labute approximate surface area is 124 Å². The molecule has 0 unspecified atom stereocenters. The highest BCUT2D eigenvalue weighted by atomic mass is 16.5. The van der Waals surface area contributed by atoms with E-state index in [0.717, 1.165) is 62.6 Å². The van der Waals surface area contributed by atoms with Crippen molar-refractivity contribution in [3.63, 3.8) is 0 Å². The number of methoxy groups -OCH3 is 1. The fourth-order valence-electron chi connectivity index (χ4n) is 2.86. The molecular weight excluding hydrogens is 268 g/mol. The Morgan fingerprint density at radius 1 is 1.38 bits per heavy atom. The molecule has 1 saturated heterocycles. The van der Waals surface area contributed by atoms with E-state index in [1.807, 2.05) is 12.1 Å². The lowest BCUT2D eigenvalue weighted by atomic mass is 10.0. The van der Waals surface area contributed by atoms with E-state index in [2.05, 4.69) is 16.0 Å². The molecule has 2 fully saturated rings. The Bertz CT molecular complexity index is 557. The number of morpholine rings is 1. The average Bonchev–Trinajstić information content (AvgIpc) is 3.29. The smallest absolute Gasteiger partial charge is 0.235 e. The van der Waals surface area contributed by atoms with Crippen LogP contribution in [0.3, 0.4) is 0 Å². The number of hydrogen-bond acceptors (Lipinski definition) is 5. The fraction of sp³-hybridized carbons (Fsp3) is 0.562. The Morgan fingerprint density at radius 2 is 2.14 bits per heavy atom. The van der Waals surface area contributed by atoms with Gasteiger partial charge in [0.25, 0.3) is 0 Å². The van der Waals surface area contributed by atoms with Gasteiger partial charge in [0.1, 0.15) is 5.75 Å².